The molecule has 0 heterocycles. The number of methoxy groups -OCH3 is 1. The molecule has 0 aliphatic carbocycles. The van der Waals surface area contributed by atoms with E-state index in [0.29, 0.717) is 5.56 Å². The summed E-state index contributed by atoms with van der Waals surface area (Å²) in [4.78, 5) is 13.5. The highest BCUT2D eigenvalue weighted by atomic mass is 19.1. The summed E-state index contributed by atoms with van der Waals surface area (Å²) in [5.41, 5.74) is 0.521. The molecule has 1 aromatic rings. The summed E-state index contributed by atoms with van der Waals surface area (Å²) in [6, 6.07) is 8.28. The summed E-state index contributed by atoms with van der Waals surface area (Å²) < 4.78 is 18.4. The molecule has 6 heteroatoms. The van der Waals surface area contributed by atoms with E-state index >= 15 is 0 Å². The number of benzene rings is 1. The predicted octanol–water partition coefficient (Wildman–Crippen LogP) is 2.50. The number of carbonyl (C=O) groups is 1. The number of rotatable bonds is 7. The molecule has 1 rings (SSSR count). The number of amides is 1. The molecule has 0 unspecified atom stereocenters. The number of carbonyl (C=O) groups excluding carboxylic acids is 1. The van der Waals surface area contributed by atoms with Crippen LogP contribution in [0.25, 0.3) is 6.08 Å². The minimum atomic E-state index is -0.511. The monoisotopic (exact) mass is 301 g/mol. The maximum absolute atomic E-state index is 13.5. The molecule has 0 N–H and O–H groups in total. The Bertz CT molecular complexity index is 611. The van der Waals surface area contributed by atoms with E-state index in [0.717, 1.165) is 0 Å². The molecule has 0 saturated heterocycles. The van der Waals surface area contributed by atoms with Crippen LogP contribution in [0, 0.1) is 28.5 Å². The summed E-state index contributed by atoms with van der Waals surface area (Å²) in [6.45, 7) is 0.524. The Hall–Kier alpha value is -2.86. The Morgan fingerprint density at radius 1 is 1.32 bits per heavy atom. The lowest BCUT2D eigenvalue weighted by molar-refractivity contribution is -0.125. The fourth-order valence-electron chi connectivity index (χ4n) is 1.76. The zero-order valence-corrected chi connectivity index (χ0v) is 12.3. The van der Waals surface area contributed by atoms with Crippen molar-refractivity contribution in [2.45, 2.75) is 12.8 Å². The van der Waals surface area contributed by atoms with Gasteiger partial charge in [-0.25, -0.2) is 4.39 Å². The molecule has 0 bridgehead atoms. The van der Waals surface area contributed by atoms with Gasteiger partial charge in [0.25, 0.3) is 0 Å². The summed E-state index contributed by atoms with van der Waals surface area (Å²) in [5, 5.41) is 17.2. The normalized spacial score (nSPS) is 10.0. The molecule has 1 amide bonds. The van der Waals surface area contributed by atoms with Crippen LogP contribution in [0.3, 0.4) is 0 Å². The van der Waals surface area contributed by atoms with Crippen LogP contribution in [0.15, 0.2) is 24.3 Å². The lowest BCUT2D eigenvalue weighted by atomic mass is 10.2. The molecular formula is C16H16FN3O2. The van der Waals surface area contributed by atoms with Gasteiger partial charge < -0.3 is 9.64 Å². The van der Waals surface area contributed by atoms with Gasteiger partial charge in [-0.2, -0.15) is 10.5 Å². The fraction of sp³-hybridized carbons (Fsp3) is 0.312. The molecule has 5 nitrogen and oxygen atoms in total. The molecule has 0 saturated carbocycles. The van der Waals surface area contributed by atoms with E-state index < -0.39 is 5.82 Å². The number of ether oxygens (including phenoxy) is 1. The maximum atomic E-state index is 13.5. The second kappa shape index (κ2) is 9.15. The highest BCUT2D eigenvalue weighted by molar-refractivity contribution is 5.91. The first-order valence-electron chi connectivity index (χ1n) is 6.66. The molecule has 0 fully saturated rings. The minimum Gasteiger partial charge on any atom is -0.494 e. The number of hydrogen-bond acceptors (Lipinski definition) is 4. The van der Waals surface area contributed by atoms with Gasteiger partial charge >= 0.3 is 0 Å². The van der Waals surface area contributed by atoms with Gasteiger partial charge in [0.05, 0.1) is 32.1 Å². The van der Waals surface area contributed by atoms with Gasteiger partial charge in [0.1, 0.15) is 0 Å². The van der Waals surface area contributed by atoms with Crippen molar-refractivity contribution in [2.24, 2.45) is 0 Å². The van der Waals surface area contributed by atoms with Crippen molar-refractivity contribution >= 4 is 12.0 Å². The zero-order valence-electron chi connectivity index (χ0n) is 12.3. The van der Waals surface area contributed by atoms with Crippen LogP contribution < -0.4 is 4.74 Å². The van der Waals surface area contributed by atoms with E-state index in [9.17, 15) is 9.18 Å². The topological polar surface area (TPSA) is 77.1 Å². The standard InChI is InChI=1S/C16H16FN3O2/c1-22-15-6-4-13(12-14(15)17)5-7-16(21)20(10-2-8-18)11-3-9-19/h4-7,12H,2-3,10-11H2,1H3. The van der Waals surface area contributed by atoms with Gasteiger partial charge in [0.2, 0.25) is 5.91 Å². The first kappa shape index (κ1) is 17.2. The van der Waals surface area contributed by atoms with Crippen molar-refractivity contribution in [1.82, 2.24) is 4.90 Å². The molecular weight excluding hydrogens is 285 g/mol. The van der Waals surface area contributed by atoms with E-state index in [2.05, 4.69) is 0 Å². The van der Waals surface area contributed by atoms with Crippen molar-refractivity contribution in [3.63, 3.8) is 0 Å². The molecule has 1 aromatic carbocycles. The van der Waals surface area contributed by atoms with Crippen LogP contribution in [0.2, 0.25) is 0 Å². The van der Waals surface area contributed by atoms with Crippen LogP contribution in [-0.2, 0) is 4.79 Å². The van der Waals surface area contributed by atoms with E-state index in [1.807, 2.05) is 12.1 Å². The van der Waals surface area contributed by atoms with Crippen LogP contribution in [0.5, 0.6) is 5.75 Å². The molecule has 0 radical (unpaired) electrons. The Kier molecular flexibility index (Phi) is 7.15. The molecule has 0 spiro atoms. The van der Waals surface area contributed by atoms with Crippen molar-refractivity contribution in [3.05, 3.63) is 35.7 Å². The third kappa shape index (κ3) is 5.26. The van der Waals surface area contributed by atoms with Crippen molar-refractivity contribution < 1.29 is 13.9 Å². The van der Waals surface area contributed by atoms with Crippen LogP contribution in [-0.4, -0.2) is 31.0 Å². The van der Waals surface area contributed by atoms with Crippen molar-refractivity contribution in [3.8, 4) is 17.9 Å². The predicted molar refractivity (Wildman–Crippen MR) is 79.0 cm³/mol. The average molecular weight is 301 g/mol. The number of nitriles is 2. The highest BCUT2D eigenvalue weighted by Crippen LogP contribution is 2.18. The summed E-state index contributed by atoms with van der Waals surface area (Å²) >= 11 is 0. The number of halogens is 1. The van der Waals surface area contributed by atoms with Gasteiger partial charge in [-0.3, -0.25) is 4.79 Å². The van der Waals surface area contributed by atoms with Crippen molar-refractivity contribution in [2.75, 3.05) is 20.2 Å². The van der Waals surface area contributed by atoms with E-state index in [1.165, 1.54) is 36.3 Å². The summed E-state index contributed by atoms with van der Waals surface area (Å²) in [7, 11) is 1.37. The van der Waals surface area contributed by atoms with Gasteiger partial charge in [0.15, 0.2) is 11.6 Å². The lowest BCUT2D eigenvalue weighted by Crippen LogP contribution is -2.31. The Balaban J connectivity index is 2.77. The minimum absolute atomic E-state index is 0.133. The molecule has 0 aliphatic rings. The van der Waals surface area contributed by atoms with Crippen molar-refractivity contribution in [1.29, 1.82) is 10.5 Å². The molecule has 0 atom stereocenters. The van der Waals surface area contributed by atoms with Gasteiger partial charge in [0, 0.05) is 19.2 Å². The Labute approximate surface area is 128 Å². The van der Waals surface area contributed by atoms with Crippen LogP contribution in [0.1, 0.15) is 18.4 Å². The third-order valence-electron chi connectivity index (χ3n) is 2.89. The van der Waals surface area contributed by atoms with Crippen LogP contribution >= 0.6 is 0 Å². The second-order valence-electron chi connectivity index (χ2n) is 4.37. The maximum Gasteiger partial charge on any atom is 0.246 e. The van der Waals surface area contributed by atoms with E-state index in [1.54, 1.807) is 6.07 Å². The lowest BCUT2D eigenvalue weighted by Gasteiger charge is -2.18. The van der Waals surface area contributed by atoms with E-state index in [4.69, 9.17) is 15.3 Å². The summed E-state index contributed by atoms with van der Waals surface area (Å²) in [5.74, 6) is -0.696. The van der Waals surface area contributed by atoms with Gasteiger partial charge in [-0.05, 0) is 23.8 Å². The van der Waals surface area contributed by atoms with Crippen LogP contribution in [0.4, 0.5) is 4.39 Å². The molecule has 114 valence electrons. The molecule has 22 heavy (non-hydrogen) atoms. The Morgan fingerprint density at radius 2 is 1.95 bits per heavy atom. The van der Waals surface area contributed by atoms with Gasteiger partial charge in [-0.1, -0.05) is 6.07 Å². The highest BCUT2D eigenvalue weighted by Gasteiger charge is 2.10. The Morgan fingerprint density at radius 3 is 2.45 bits per heavy atom. The smallest absolute Gasteiger partial charge is 0.246 e. The first-order chi connectivity index (χ1) is 10.6. The SMILES string of the molecule is COc1ccc(C=CC(=O)N(CCC#N)CCC#N)cc1F. The summed E-state index contributed by atoms with van der Waals surface area (Å²) in [6.07, 6.45) is 3.18. The van der Waals surface area contributed by atoms with E-state index in [-0.39, 0.29) is 37.6 Å². The largest absolute Gasteiger partial charge is 0.494 e. The number of hydrogen-bond donors (Lipinski definition) is 0. The molecule has 0 aromatic heterocycles. The second-order valence-corrected chi connectivity index (χ2v) is 4.37. The van der Waals surface area contributed by atoms with Gasteiger partial charge in [-0.15, -0.1) is 0 Å². The fourth-order valence-corrected chi connectivity index (χ4v) is 1.76. The average Bonchev–Trinajstić information content (AvgIpc) is 2.53. The first-order valence-corrected chi connectivity index (χ1v) is 6.66. The third-order valence-corrected chi connectivity index (χ3v) is 2.89. The quantitative estimate of drug-likeness (QED) is 0.725. The molecule has 0 aliphatic heterocycles. The zero-order chi connectivity index (χ0) is 16.4. The number of nitrogens with zero attached hydrogens (tertiary/aromatic N) is 3.